The van der Waals surface area contributed by atoms with E-state index in [9.17, 15) is 4.79 Å². The molecule has 3 N–H and O–H groups in total. The molecule has 5 nitrogen and oxygen atoms in total. The average Bonchev–Trinajstić information content (AvgIpc) is 2.16. The number of nitrogens with two attached hydrogens (primary N) is 1. The number of nitrogens with zero attached hydrogens (tertiary/aromatic N) is 2. The van der Waals surface area contributed by atoms with Crippen LogP contribution in [0.5, 0.6) is 0 Å². The summed E-state index contributed by atoms with van der Waals surface area (Å²) < 4.78 is 0. The van der Waals surface area contributed by atoms with Gasteiger partial charge in [0.1, 0.15) is 0 Å². The van der Waals surface area contributed by atoms with Crippen LogP contribution in [0.4, 0.5) is 4.79 Å². The molecular formula is C10H19N3O2. The van der Waals surface area contributed by atoms with Gasteiger partial charge in [-0.1, -0.05) is 0 Å². The number of likely N-dealkylation sites (tertiary alicyclic amines) is 2. The highest BCUT2D eigenvalue weighted by Crippen LogP contribution is 2.28. The smallest absolute Gasteiger partial charge is 0.407 e. The first-order chi connectivity index (χ1) is 7.19. The molecule has 2 aliphatic heterocycles. The molecule has 0 spiro atoms. The molecule has 2 fully saturated rings. The SMILES string of the molecule is NCCN1CC2CC(C1)CN(C(=O)O)C2. The molecule has 2 rings (SSSR count). The Morgan fingerprint density at radius 3 is 2.33 bits per heavy atom. The van der Waals surface area contributed by atoms with Crippen LogP contribution >= 0.6 is 0 Å². The fourth-order valence-corrected chi connectivity index (χ4v) is 2.91. The van der Waals surface area contributed by atoms with Gasteiger partial charge in [-0.3, -0.25) is 0 Å². The second kappa shape index (κ2) is 4.37. The Morgan fingerprint density at radius 2 is 1.87 bits per heavy atom. The fourth-order valence-electron chi connectivity index (χ4n) is 2.91. The molecule has 2 bridgehead atoms. The van der Waals surface area contributed by atoms with Gasteiger partial charge in [0.25, 0.3) is 0 Å². The van der Waals surface area contributed by atoms with Crippen molar-refractivity contribution < 1.29 is 9.90 Å². The van der Waals surface area contributed by atoms with Crippen molar-refractivity contribution in [2.45, 2.75) is 6.42 Å². The molecule has 2 unspecified atom stereocenters. The van der Waals surface area contributed by atoms with Gasteiger partial charge in [0.05, 0.1) is 0 Å². The molecule has 2 aliphatic rings. The molecule has 15 heavy (non-hydrogen) atoms. The van der Waals surface area contributed by atoms with Crippen LogP contribution in [0.25, 0.3) is 0 Å². The highest BCUT2D eigenvalue weighted by molar-refractivity contribution is 5.65. The Kier molecular flexibility index (Phi) is 3.11. The van der Waals surface area contributed by atoms with Crippen LogP contribution < -0.4 is 5.73 Å². The number of carbonyl (C=O) groups is 1. The zero-order valence-corrected chi connectivity index (χ0v) is 8.93. The van der Waals surface area contributed by atoms with E-state index in [4.69, 9.17) is 10.8 Å². The van der Waals surface area contributed by atoms with Gasteiger partial charge in [-0.05, 0) is 18.3 Å². The topological polar surface area (TPSA) is 69.8 Å². The lowest BCUT2D eigenvalue weighted by Crippen LogP contribution is -2.54. The van der Waals surface area contributed by atoms with Crippen LogP contribution in [0.1, 0.15) is 6.42 Å². The van der Waals surface area contributed by atoms with Crippen molar-refractivity contribution in [2.24, 2.45) is 17.6 Å². The van der Waals surface area contributed by atoms with Gasteiger partial charge in [0.2, 0.25) is 0 Å². The molecule has 0 saturated carbocycles. The molecule has 2 saturated heterocycles. The zero-order valence-electron chi connectivity index (χ0n) is 8.93. The van der Waals surface area contributed by atoms with Crippen molar-refractivity contribution in [2.75, 3.05) is 39.3 Å². The molecule has 0 aliphatic carbocycles. The predicted octanol–water partition coefficient (Wildman–Crippen LogP) is -0.123. The van der Waals surface area contributed by atoms with E-state index in [0.29, 0.717) is 31.5 Å². The Bertz CT molecular complexity index is 233. The average molecular weight is 213 g/mol. The summed E-state index contributed by atoms with van der Waals surface area (Å²) in [6, 6.07) is 0. The van der Waals surface area contributed by atoms with Crippen molar-refractivity contribution in [1.82, 2.24) is 9.80 Å². The lowest BCUT2D eigenvalue weighted by molar-refractivity contribution is 0.0348. The summed E-state index contributed by atoms with van der Waals surface area (Å²) >= 11 is 0. The molecule has 2 heterocycles. The quantitative estimate of drug-likeness (QED) is 0.671. The molecule has 86 valence electrons. The van der Waals surface area contributed by atoms with Crippen LogP contribution in [0.3, 0.4) is 0 Å². The summed E-state index contributed by atoms with van der Waals surface area (Å²) in [5.41, 5.74) is 5.54. The Balaban J connectivity index is 1.93. The summed E-state index contributed by atoms with van der Waals surface area (Å²) in [4.78, 5) is 14.8. The molecule has 0 aromatic rings. The Hall–Kier alpha value is -0.810. The summed E-state index contributed by atoms with van der Waals surface area (Å²) in [7, 11) is 0. The molecule has 0 radical (unpaired) electrons. The van der Waals surface area contributed by atoms with Gasteiger partial charge in [0.15, 0.2) is 0 Å². The highest BCUT2D eigenvalue weighted by atomic mass is 16.4. The summed E-state index contributed by atoms with van der Waals surface area (Å²) in [6.45, 7) is 5.07. The third-order valence-electron chi connectivity index (χ3n) is 3.37. The first-order valence-corrected chi connectivity index (χ1v) is 5.59. The third kappa shape index (κ3) is 2.41. The second-order valence-electron chi connectivity index (χ2n) is 4.70. The van der Waals surface area contributed by atoms with Crippen LogP contribution in [0.15, 0.2) is 0 Å². The minimum atomic E-state index is -0.767. The third-order valence-corrected chi connectivity index (χ3v) is 3.37. The fraction of sp³-hybridized carbons (Fsp3) is 0.900. The van der Waals surface area contributed by atoms with Crippen LogP contribution in [-0.4, -0.2) is 60.3 Å². The number of fused-ring (bicyclic) bond motifs is 2. The van der Waals surface area contributed by atoms with E-state index in [1.165, 1.54) is 6.42 Å². The van der Waals surface area contributed by atoms with Crippen molar-refractivity contribution in [3.8, 4) is 0 Å². The zero-order chi connectivity index (χ0) is 10.8. The van der Waals surface area contributed by atoms with E-state index in [0.717, 1.165) is 19.6 Å². The first kappa shape index (κ1) is 10.7. The van der Waals surface area contributed by atoms with Gasteiger partial charge < -0.3 is 20.6 Å². The number of hydrogen-bond donors (Lipinski definition) is 2. The maximum Gasteiger partial charge on any atom is 0.407 e. The van der Waals surface area contributed by atoms with E-state index in [-0.39, 0.29) is 0 Å². The second-order valence-corrected chi connectivity index (χ2v) is 4.70. The number of rotatable bonds is 2. The predicted molar refractivity (Wildman–Crippen MR) is 56.7 cm³/mol. The van der Waals surface area contributed by atoms with Crippen LogP contribution in [0, 0.1) is 11.8 Å². The Labute approximate surface area is 89.8 Å². The Morgan fingerprint density at radius 1 is 1.27 bits per heavy atom. The van der Waals surface area contributed by atoms with E-state index in [2.05, 4.69) is 4.90 Å². The number of carboxylic acid groups (broad SMARTS) is 1. The lowest BCUT2D eigenvalue weighted by Gasteiger charge is -2.44. The van der Waals surface area contributed by atoms with Gasteiger partial charge >= 0.3 is 6.09 Å². The van der Waals surface area contributed by atoms with Crippen molar-refractivity contribution in [1.29, 1.82) is 0 Å². The normalized spacial score (nSPS) is 31.7. The molecule has 2 atom stereocenters. The molecular weight excluding hydrogens is 194 g/mol. The summed E-state index contributed by atoms with van der Waals surface area (Å²) in [5.74, 6) is 1.03. The number of hydrogen-bond acceptors (Lipinski definition) is 3. The van der Waals surface area contributed by atoms with Crippen LogP contribution in [0.2, 0.25) is 0 Å². The van der Waals surface area contributed by atoms with Crippen molar-refractivity contribution >= 4 is 6.09 Å². The summed E-state index contributed by atoms with van der Waals surface area (Å²) in [6.07, 6.45) is 0.419. The minimum Gasteiger partial charge on any atom is -0.465 e. The van der Waals surface area contributed by atoms with Crippen molar-refractivity contribution in [3.05, 3.63) is 0 Å². The van der Waals surface area contributed by atoms with Gasteiger partial charge in [0, 0.05) is 39.3 Å². The van der Waals surface area contributed by atoms with E-state index in [1.54, 1.807) is 4.90 Å². The van der Waals surface area contributed by atoms with Crippen molar-refractivity contribution in [3.63, 3.8) is 0 Å². The molecule has 0 aromatic heterocycles. The maximum atomic E-state index is 10.9. The van der Waals surface area contributed by atoms with Crippen LogP contribution in [-0.2, 0) is 0 Å². The lowest BCUT2D eigenvalue weighted by atomic mass is 9.85. The molecule has 1 amide bonds. The summed E-state index contributed by atoms with van der Waals surface area (Å²) in [5, 5.41) is 8.96. The van der Waals surface area contributed by atoms with Gasteiger partial charge in [-0.25, -0.2) is 4.79 Å². The molecule has 5 heteroatoms. The number of amides is 1. The van der Waals surface area contributed by atoms with E-state index in [1.807, 2.05) is 0 Å². The monoisotopic (exact) mass is 213 g/mol. The number of piperidine rings is 2. The highest BCUT2D eigenvalue weighted by Gasteiger charge is 2.35. The first-order valence-electron chi connectivity index (χ1n) is 5.59. The van der Waals surface area contributed by atoms with E-state index < -0.39 is 6.09 Å². The standard InChI is InChI=1S/C10H19N3O2/c11-1-2-12-4-8-3-9(5-12)7-13(6-8)10(14)15/h8-9H,1-7,11H2,(H,14,15). The van der Waals surface area contributed by atoms with E-state index >= 15 is 0 Å². The largest absolute Gasteiger partial charge is 0.465 e. The maximum absolute atomic E-state index is 10.9. The van der Waals surface area contributed by atoms with Gasteiger partial charge in [-0.2, -0.15) is 0 Å². The van der Waals surface area contributed by atoms with Gasteiger partial charge in [-0.15, -0.1) is 0 Å². The minimum absolute atomic E-state index is 0.514. The molecule has 0 aromatic carbocycles.